The molecule has 1 aromatic rings. The molecule has 1 aliphatic rings. The molecule has 2 rings (SSSR count). The second-order valence-electron chi connectivity index (χ2n) is 3.23. The maximum atomic E-state index is 8.80. The van der Waals surface area contributed by atoms with Gasteiger partial charge < -0.3 is 10.5 Å². The Hall–Kier alpha value is -1.05. The van der Waals surface area contributed by atoms with E-state index in [1.54, 1.807) is 12.1 Å². The van der Waals surface area contributed by atoms with Crippen LogP contribution in [-0.4, -0.2) is 6.61 Å². The quantitative estimate of drug-likeness (QED) is 0.770. The van der Waals surface area contributed by atoms with Crippen molar-refractivity contribution >= 4 is 15.9 Å². The van der Waals surface area contributed by atoms with Gasteiger partial charge in [0.05, 0.1) is 22.7 Å². The molecule has 0 radical (unpaired) electrons. The molecule has 0 saturated heterocycles. The predicted octanol–water partition coefficient (Wildman–Crippen LogP) is 2.10. The van der Waals surface area contributed by atoms with Gasteiger partial charge in [-0.25, -0.2) is 0 Å². The Labute approximate surface area is 90.6 Å². The second-order valence-corrected chi connectivity index (χ2v) is 4.09. The van der Waals surface area contributed by atoms with E-state index in [9.17, 15) is 0 Å². The number of fused-ring (bicyclic) bond motifs is 1. The van der Waals surface area contributed by atoms with Gasteiger partial charge in [-0.1, -0.05) is 0 Å². The third kappa shape index (κ3) is 1.49. The number of rotatable bonds is 0. The molecule has 3 nitrogen and oxygen atoms in total. The lowest BCUT2D eigenvalue weighted by Gasteiger charge is -2.23. The Morgan fingerprint density at radius 3 is 3.07 bits per heavy atom. The van der Waals surface area contributed by atoms with Gasteiger partial charge in [-0.15, -0.1) is 0 Å². The van der Waals surface area contributed by atoms with Crippen LogP contribution in [0.4, 0.5) is 0 Å². The minimum atomic E-state index is -0.0247. The summed E-state index contributed by atoms with van der Waals surface area (Å²) in [5, 5.41) is 8.80. The smallest absolute Gasteiger partial charge is 0.138 e. The zero-order valence-corrected chi connectivity index (χ0v) is 9.04. The van der Waals surface area contributed by atoms with Gasteiger partial charge in [0.15, 0.2) is 0 Å². The SMILES string of the molecule is N#Cc1cc(Br)c2c(c1)[C@H](N)CCO2. The maximum Gasteiger partial charge on any atom is 0.138 e. The first-order chi connectivity index (χ1) is 6.72. The lowest BCUT2D eigenvalue weighted by molar-refractivity contribution is 0.267. The summed E-state index contributed by atoms with van der Waals surface area (Å²) in [4.78, 5) is 0. The number of hydrogen-bond acceptors (Lipinski definition) is 3. The molecular formula is C10H9BrN2O. The van der Waals surface area contributed by atoms with Crippen molar-refractivity contribution in [3.63, 3.8) is 0 Å². The fraction of sp³-hybridized carbons (Fsp3) is 0.300. The number of nitrogens with two attached hydrogens (primary N) is 1. The van der Waals surface area contributed by atoms with Crippen LogP contribution >= 0.6 is 15.9 Å². The fourth-order valence-electron chi connectivity index (χ4n) is 1.55. The summed E-state index contributed by atoms with van der Waals surface area (Å²) >= 11 is 3.37. The van der Waals surface area contributed by atoms with E-state index in [1.807, 2.05) is 0 Å². The zero-order chi connectivity index (χ0) is 10.1. The normalized spacial score (nSPS) is 19.4. The first-order valence-electron chi connectivity index (χ1n) is 4.34. The lowest BCUT2D eigenvalue weighted by atomic mass is 9.99. The van der Waals surface area contributed by atoms with Crippen LogP contribution in [0.2, 0.25) is 0 Å². The van der Waals surface area contributed by atoms with E-state index < -0.39 is 0 Å². The fourth-order valence-corrected chi connectivity index (χ4v) is 2.14. The van der Waals surface area contributed by atoms with Gasteiger partial charge in [-0.2, -0.15) is 5.26 Å². The molecule has 0 aromatic heterocycles. The van der Waals surface area contributed by atoms with E-state index in [0.29, 0.717) is 12.2 Å². The Kier molecular flexibility index (Phi) is 2.44. The van der Waals surface area contributed by atoms with Gasteiger partial charge in [0, 0.05) is 18.0 Å². The van der Waals surface area contributed by atoms with Crippen LogP contribution in [-0.2, 0) is 0 Å². The summed E-state index contributed by atoms with van der Waals surface area (Å²) in [6.07, 6.45) is 0.800. The van der Waals surface area contributed by atoms with Crippen LogP contribution in [0.25, 0.3) is 0 Å². The molecule has 14 heavy (non-hydrogen) atoms. The zero-order valence-electron chi connectivity index (χ0n) is 7.46. The van der Waals surface area contributed by atoms with Crippen molar-refractivity contribution in [2.24, 2.45) is 5.73 Å². The van der Waals surface area contributed by atoms with Crippen LogP contribution in [0.3, 0.4) is 0 Å². The summed E-state index contributed by atoms with van der Waals surface area (Å²) in [6, 6.07) is 5.62. The number of nitriles is 1. The highest BCUT2D eigenvalue weighted by atomic mass is 79.9. The van der Waals surface area contributed by atoms with Gasteiger partial charge in [0.2, 0.25) is 0 Å². The third-order valence-electron chi connectivity index (χ3n) is 2.28. The van der Waals surface area contributed by atoms with Crippen LogP contribution in [0, 0.1) is 11.3 Å². The highest BCUT2D eigenvalue weighted by Crippen LogP contribution is 2.37. The lowest BCUT2D eigenvalue weighted by Crippen LogP contribution is -2.21. The molecule has 1 heterocycles. The van der Waals surface area contributed by atoms with E-state index in [-0.39, 0.29) is 6.04 Å². The van der Waals surface area contributed by atoms with Crippen LogP contribution in [0.15, 0.2) is 16.6 Å². The average Bonchev–Trinajstić information content (AvgIpc) is 2.19. The van der Waals surface area contributed by atoms with Crippen LogP contribution in [0.5, 0.6) is 5.75 Å². The molecule has 72 valence electrons. The van der Waals surface area contributed by atoms with E-state index >= 15 is 0 Å². The number of halogens is 1. The standard InChI is InChI=1S/C10H9BrN2O/c11-8-4-6(5-12)3-7-9(13)1-2-14-10(7)8/h3-4,9H,1-2,13H2/t9-/m1/s1. The van der Waals surface area contributed by atoms with E-state index in [2.05, 4.69) is 22.0 Å². The molecule has 0 bridgehead atoms. The molecule has 1 aliphatic heterocycles. The largest absolute Gasteiger partial charge is 0.492 e. The number of benzene rings is 1. The highest BCUT2D eigenvalue weighted by molar-refractivity contribution is 9.10. The first kappa shape index (κ1) is 9.50. The minimum Gasteiger partial charge on any atom is -0.492 e. The monoisotopic (exact) mass is 252 g/mol. The average molecular weight is 253 g/mol. The van der Waals surface area contributed by atoms with E-state index in [0.717, 1.165) is 22.2 Å². The molecule has 1 atom stereocenters. The number of nitrogens with zero attached hydrogens (tertiary/aromatic N) is 1. The molecule has 0 amide bonds. The van der Waals surface area contributed by atoms with Crippen molar-refractivity contribution in [3.8, 4) is 11.8 Å². The molecular weight excluding hydrogens is 244 g/mol. The highest BCUT2D eigenvalue weighted by Gasteiger charge is 2.21. The Morgan fingerprint density at radius 2 is 2.36 bits per heavy atom. The summed E-state index contributed by atoms with van der Waals surface area (Å²) < 4.78 is 6.29. The van der Waals surface area contributed by atoms with E-state index in [4.69, 9.17) is 15.7 Å². The number of ether oxygens (including phenoxy) is 1. The summed E-state index contributed by atoms with van der Waals surface area (Å²) in [6.45, 7) is 0.638. The number of hydrogen-bond donors (Lipinski definition) is 1. The third-order valence-corrected chi connectivity index (χ3v) is 2.87. The molecule has 4 heteroatoms. The topological polar surface area (TPSA) is 59.0 Å². The van der Waals surface area contributed by atoms with Gasteiger partial charge in [0.1, 0.15) is 5.75 Å². The molecule has 1 aromatic carbocycles. The molecule has 0 aliphatic carbocycles. The summed E-state index contributed by atoms with van der Waals surface area (Å²) in [7, 11) is 0. The maximum absolute atomic E-state index is 8.80. The Balaban J connectivity index is 2.58. The van der Waals surface area contributed by atoms with Crippen LogP contribution in [0.1, 0.15) is 23.6 Å². The van der Waals surface area contributed by atoms with Crippen molar-refractivity contribution in [3.05, 3.63) is 27.7 Å². The summed E-state index contributed by atoms with van der Waals surface area (Å²) in [5.41, 5.74) is 7.46. The van der Waals surface area contributed by atoms with Gasteiger partial charge in [-0.3, -0.25) is 0 Å². The first-order valence-corrected chi connectivity index (χ1v) is 5.13. The Bertz CT molecular complexity index is 411. The molecule has 0 saturated carbocycles. The second kappa shape index (κ2) is 3.60. The minimum absolute atomic E-state index is 0.0247. The van der Waals surface area contributed by atoms with Crippen LogP contribution < -0.4 is 10.5 Å². The van der Waals surface area contributed by atoms with Crippen molar-refractivity contribution in [1.29, 1.82) is 5.26 Å². The molecule has 0 unspecified atom stereocenters. The van der Waals surface area contributed by atoms with Crippen molar-refractivity contribution in [2.75, 3.05) is 6.61 Å². The van der Waals surface area contributed by atoms with Gasteiger partial charge in [0.25, 0.3) is 0 Å². The van der Waals surface area contributed by atoms with Crippen molar-refractivity contribution in [2.45, 2.75) is 12.5 Å². The predicted molar refractivity (Wildman–Crippen MR) is 55.9 cm³/mol. The molecule has 2 N–H and O–H groups in total. The van der Waals surface area contributed by atoms with Gasteiger partial charge >= 0.3 is 0 Å². The summed E-state index contributed by atoms with van der Waals surface area (Å²) in [5.74, 6) is 0.780. The molecule has 0 spiro atoms. The van der Waals surface area contributed by atoms with E-state index in [1.165, 1.54) is 0 Å². The van der Waals surface area contributed by atoms with Crippen molar-refractivity contribution in [1.82, 2.24) is 0 Å². The van der Waals surface area contributed by atoms with Gasteiger partial charge in [-0.05, 0) is 28.1 Å². The molecule has 0 fully saturated rings. The Morgan fingerprint density at radius 1 is 1.57 bits per heavy atom. The van der Waals surface area contributed by atoms with Crippen molar-refractivity contribution < 1.29 is 4.74 Å².